The van der Waals surface area contributed by atoms with Crippen LogP contribution >= 0.6 is 0 Å². The van der Waals surface area contributed by atoms with Crippen LogP contribution in [-0.2, 0) is 43.2 Å². The van der Waals surface area contributed by atoms with Gasteiger partial charge in [-0.25, -0.2) is 4.39 Å². The van der Waals surface area contributed by atoms with Gasteiger partial charge in [-0.1, -0.05) is 60.7 Å². The number of nitrogens with zero attached hydrogens (tertiary/aromatic N) is 4. The molecule has 4 aromatic carbocycles. The highest BCUT2D eigenvalue weighted by atomic mass is 32.2. The third-order valence-electron chi connectivity index (χ3n) is 9.96. The summed E-state index contributed by atoms with van der Waals surface area (Å²) in [5.74, 6) is -0.845. The molecule has 0 radical (unpaired) electrons. The molecule has 2 fully saturated rings. The Morgan fingerprint density at radius 1 is 0.857 bits per heavy atom. The van der Waals surface area contributed by atoms with Crippen LogP contribution in [0.4, 0.5) is 4.39 Å². The number of pyridine rings is 1. The van der Waals surface area contributed by atoms with Crippen molar-refractivity contribution in [2.75, 3.05) is 46.0 Å². The van der Waals surface area contributed by atoms with Crippen molar-refractivity contribution in [3.63, 3.8) is 0 Å². The van der Waals surface area contributed by atoms with Gasteiger partial charge >= 0.3 is 20.6 Å². The molecule has 2 unspecified atom stereocenters. The largest absolute Gasteiger partial charge is 0.478 e. The van der Waals surface area contributed by atoms with Crippen molar-refractivity contribution < 1.29 is 49.0 Å². The van der Waals surface area contributed by atoms with Crippen LogP contribution in [0.3, 0.4) is 0 Å². The third-order valence-corrected chi connectivity index (χ3v) is 12.3. The van der Waals surface area contributed by atoms with E-state index in [9.17, 15) is 30.6 Å². The van der Waals surface area contributed by atoms with E-state index in [-0.39, 0.29) is 87.2 Å². The fourth-order valence-electron chi connectivity index (χ4n) is 7.21. The second-order valence-corrected chi connectivity index (χ2v) is 16.5. The summed E-state index contributed by atoms with van der Waals surface area (Å²) >= 11 is 0. The summed E-state index contributed by atoms with van der Waals surface area (Å²) in [5.41, 5.74) is 3.16. The fraction of sp³-hybridized carbons (Fsp3) is 0.282. The Morgan fingerprint density at radius 3 is 2.34 bits per heavy atom. The average molecular weight is 805 g/mol. The molecule has 5 aromatic rings. The second kappa shape index (κ2) is 15.5. The molecule has 2 atom stereocenters. The van der Waals surface area contributed by atoms with Gasteiger partial charge in [0.15, 0.2) is 11.5 Å². The van der Waals surface area contributed by atoms with Crippen LogP contribution in [0.1, 0.15) is 50.4 Å². The zero-order valence-electron chi connectivity index (χ0n) is 29.9. The number of morpholine rings is 2. The monoisotopic (exact) mass is 804 g/mol. The Kier molecular flexibility index (Phi) is 10.5. The van der Waals surface area contributed by atoms with Gasteiger partial charge in [-0.3, -0.25) is 14.3 Å². The van der Waals surface area contributed by atoms with Gasteiger partial charge < -0.3 is 23.3 Å². The molecule has 14 nitrogen and oxygen atoms in total. The highest BCUT2D eigenvalue weighted by Crippen LogP contribution is 2.47. The number of halogens is 1. The molecule has 0 bridgehead atoms. The number of rotatable bonds is 11. The number of hydrogen-bond acceptors (Lipinski definition) is 10. The topological polar surface area (TPSA) is 165 Å². The molecule has 0 aliphatic carbocycles. The Bertz CT molecular complexity index is 2490. The average Bonchev–Trinajstić information content (AvgIpc) is 3.53. The van der Waals surface area contributed by atoms with Crippen molar-refractivity contribution >= 4 is 37.4 Å². The number of benzene rings is 4. The van der Waals surface area contributed by atoms with Crippen molar-refractivity contribution in [2.24, 2.45) is 0 Å². The first-order chi connectivity index (χ1) is 27.0. The highest BCUT2D eigenvalue weighted by Gasteiger charge is 2.40. The molecule has 56 heavy (non-hydrogen) atoms. The minimum absolute atomic E-state index is 0.00955. The number of hydrogen-bond donors (Lipinski definition) is 1. The molecule has 4 heterocycles. The molecule has 3 aliphatic rings. The zero-order valence-corrected chi connectivity index (χ0v) is 31.5. The first kappa shape index (κ1) is 37.9. The molecule has 0 saturated carbocycles. The summed E-state index contributed by atoms with van der Waals surface area (Å²) in [6.45, 7) is 0.604. The van der Waals surface area contributed by atoms with Crippen molar-refractivity contribution in [3.05, 3.63) is 136 Å². The SMILES string of the molecule is O=C1c2c(c(OS(=O)(=O)N3CCOCC3)c3cccnc3c2OC(c2ccccc2)c2cccc(C3CN(S(=O)(=O)O)CCO3)c2)CN1Cc1ccc(F)cc1. The quantitative estimate of drug-likeness (QED) is 0.182. The maximum atomic E-state index is 14.6. The second-order valence-electron chi connectivity index (χ2n) is 13.5. The van der Waals surface area contributed by atoms with Crippen LogP contribution in [-0.4, -0.2) is 91.8 Å². The molecule has 1 N–H and O–H groups in total. The van der Waals surface area contributed by atoms with E-state index >= 15 is 0 Å². The van der Waals surface area contributed by atoms with Crippen LogP contribution in [0, 0.1) is 5.82 Å². The van der Waals surface area contributed by atoms with E-state index in [0.29, 0.717) is 27.6 Å². The summed E-state index contributed by atoms with van der Waals surface area (Å²) < 4.78 is 101. The number of carbonyl (C=O) groups excluding carboxylic acids is 1. The van der Waals surface area contributed by atoms with Crippen LogP contribution in [0.2, 0.25) is 0 Å². The minimum Gasteiger partial charge on any atom is -0.478 e. The first-order valence-electron chi connectivity index (χ1n) is 17.9. The van der Waals surface area contributed by atoms with E-state index in [1.165, 1.54) is 27.5 Å². The smallest absolute Gasteiger partial charge is 0.385 e. The number of carbonyl (C=O) groups is 1. The Labute approximate surface area is 323 Å². The lowest BCUT2D eigenvalue weighted by Crippen LogP contribution is -2.42. The van der Waals surface area contributed by atoms with Crippen molar-refractivity contribution in [2.45, 2.75) is 25.3 Å². The Balaban J connectivity index is 1.25. The zero-order chi connectivity index (χ0) is 39.0. The van der Waals surface area contributed by atoms with E-state index in [1.54, 1.807) is 36.4 Å². The van der Waals surface area contributed by atoms with Gasteiger partial charge in [0.1, 0.15) is 17.4 Å². The summed E-state index contributed by atoms with van der Waals surface area (Å²) in [7, 11) is -8.80. The van der Waals surface area contributed by atoms with Gasteiger partial charge in [-0.15, -0.1) is 0 Å². The van der Waals surface area contributed by atoms with E-state index < -0.39 is 44.5 Å². The molecule has 17 heteroatoms. The lowest BCUT2D eigenvalue weighted by molar-refractivity contribution is -0.00504. The Hall–Kier alpha value is -5.01. The molecule has 292 valence electrons. The molecule has 1 aromatic heterocycles. The fourth-order valence-corrected chi connectivity index (χ4v) is 8.94. The van der Waals surface area contributed by atoms with Crippen LogP contribution < -0.4 is 8.92 Å². The third kappa shape index (κ3) is 7.71. The molecular weight excluding hydrogens is 768 g/mol. The number of ether oxygens (including phenoxy) is 3. The van der Waals surface area contributed by atoms with Crippen LogP contribution in [0.15, 0.2) is 97.2 Å². The van der Waals surface area contributed by atoms with Crippen molar-refractivity contribution in [3.8, 4) is 11.5 Å². The summed E-state index contributed by atoms with van der Waals surface area (Å²) in [4.78, 5) is 20.7. The van der Waals surface area contributed by atoms with E-state index in [0.717, 1.165) is 4.31 Å². The lowest BCUT2D eigenvalue weighted by Gasteiger charge is -2.31. The maximum Gasteiger partial charge on any atom is 0.385 e. The predicted molar refractivity (Wildman–Crippen MR) is 201 cm³/mol. The van der Waals surface area contributed by atoms with E-state index in [1.807, 2.05) is 42.5 Å². The molecular formula is C39H37FN4O10S2. The standard InChI is InChI=1S/C39H37FN4O10S2/c40-30-13-11-26(12-14-30)23-42-24-32-34(39(42)45)38(35-31(10-5-15-41-35)37(32)54-56(49,50)43-16-19-51-20-17-43)53-36(27-6-2-1-3-7-27)29-9-4-8-28(22-29)33-25-44(18-21-52-33)55(46,47)48/h1-15,22,33,36H,16-21,23-25H2,(H,46,47,48). The lowest BCUT2D eigenvalue weighted by atomic mass is 9.96. The maximum absolute atomic E-state index is 14.6. The summed E-state index contributed by atoms with van der Waals surface area (Å²) in [6.07, 6.45) is -0.0494. The minimum atomic E-state index is -4.44. The normalized spacial score (nSPS) is 18.9. The van der Waals surface area contributed by atoms with E-state index in [2.05, 4.69) is 4.98 Å². The summed E-state index contributed by atoms with van der Waals surface area (Å²) in [6, 6.07) is 25.5. The molecule has 3 aliphatic heterocycles. The van der Waals surface area contributed by atoms with Gasteiger partial charge in [-0.05, 0) is 52.6 Å². The number of fused-ring (bicyclic) bond motifs is 2. The molecule has 1 amide bonds. The molecule has 0 spiro atoms. The van der Waals surface area contributed by atoms with Crippen molar-refractivity contribution in [1.29, 1.82) is 0 Å². The predicted octanol–water partition coefficient (Wildman–Crippen LogP) is 4.83. The molecule has 8 rings (SSSR count). The summed E-state index contributed by atoms with van der Waals surface area (Å²) in [5, 5.41) is 0.302. The highest BCUT2D eigenvalue weighted by molar-refractivity contribution is 7.84. The van der Waals surface area contributed by atoms with Gasteiger partial charge in [0.25, 0.3) is 5.91 Å². The van der Waals surface area contributed by atoms with Crippen LogP contribution in [0.5, 0.6) is 11.5 Å². The van der Waals surface area contributed by atoms with Gasteiger partial charge in [0.05, 0.1) is 38.0 Å². The Morgan fingerprint density at radius 2 is 1.59 bits per heavy atom. The van der Waals surface area contributed by atoms with Gasteiger partial charge in [-0.2, -0.15) is 25.4 Å². The number of aromatic nitrogens is 1. The van der Waals surface area contributed by atoms with Crippen LogP contribution in [0.25, 0.3) is 10.9 Å². The van der Waals surface area contributed by atoms with Gasteiger partial charge in [0.2, 0.25) is 0 Å². The molecule has 2 saturated heterocycles. The first-order valence-corrected chi connectivity index (χ1v) is 20.6. The number of amides is 1. The van der Waals surface area contributed by atoms with Gasteiger partial charge in [0, 0.05) is 49.9 Å². The van der Waals surface area contributed by atoms with E-state index in [4.69, 9.17) is 18.4 Å². The van der Waals surface area contributed by atoms with Crippen molar-refractivity contribution in [1.82, 2.24) is 18.5 Å².